The number of hydrogen-bond acceptors (Lipinski definition) is 4. The molecule has 6 heteroatoms. The summed E-state index contributed by atoms with van der Waals surface area (Å²) in [5.41, 5.74) is 8.30. The summed E-state index contributed by atoms with van der Waals surface area (Å²) in [6.07, 6.45) is 6.36. The smallest absolute Gasteiger partial charge is 0.371 e. The van der Waals surface area contributed by atoms with Gasteiger partial charge >= 0.3 is 6.15 Å². The number of halogens is 1. The van der Waals surface area contributed by atoms with Crippen molar-refractivity contribution in [1.29, 1.82) is 0 Å². The van der Waals surface area contributed by atoms with Gasteiger partial charge in [-0.25, -0.2) is 4.98 Å². The van der Waals surface area contributed by atoms with E-state index in [-0.39, 0.29) is 6.15 Å². The molecule has 0 N–H and O–H groups in total. The fourth-order valence-electron chi connectivity index (χ4n) is 4.80. The Morgan fingerprint density at radius 2 is 1.61 bits per heavy atom. The first kappa shape index (κ1) is 23.1. The molecule has 0 radical (unpaired) electrons. The van der Waals surface area contributed by atoms with E-state index in [4.69, 9.17) is 26.2 Å². The van der Waals surface area contributed by atoms with E-state index in [1.165, 1.54) is 52.7 Å². The van der Waals surface area contributed by atoms with E-state index < -0.39 is 0 Å². The minimum absolute atomic E-state index is 0.250. The first-order chi connectivity index (χ1) is 14.8. The molecule has 0 atom stereocenters. The second kappa shape index (κ2) is 9.67. The van der Waals surface area contributed by atoms with Crippen LogP contribution in [0.5, 0.6) is 0 Å². The molecule has 0 aliphatic carbocycles. The Bertz CT molecular complexity index is 1100. The quantitative estimate of drug-likeness (QED) is 0.505. The lowest BCUT2D eigenvalue weighted by Crippen LogP contribution is -2.33. The number of aromatic nitrogens is 2. The highest BCUT2D eigenvalue weighted by Crippen LogP contribution is 2.36. The molecule has 0 saturated carbocycles. The van der Waals surface area contributed by atoms with Crippen molar-refractivity contribution in [2.45, 2.75) is 53.9 Å². The van der Waals surface area contributed by atoms with E-state index in [1.807, 2.05) is 12.1 Å². The largest absolute Gasteiger partial charge is 0.373 e. The molecule has 5 nitrogen and oxygen atoms in total. The van der Waals surface area contributed by atoms with Gasteiger partial charge in [-0.3, -0.25) is 0 Å². The van der Waals surface area contributed by atoms with Gasteiger partial charge in [-0.15, -0.1) is 0 Å². The number of hydrogen-bond donors (Lipinski definition) is 0. The van der Waals surface area contributed by atoms with Gasteiger partial charge in [0.1, 0.15) is 5.65 Å². The van der Waals surface area contributed by atoms with Crippen LogP contribution in [0.4, 0.5) is 5.69 Å². The first-order valence-electron chi connectivity index (χ1n) is 10.8. The third-order valence-electron chi connectivity index (χ3n) is 6.28. The number of benzene rings is 1. The number of aryl methyl sites for hydroxylation is 4. The van der Waals surface area contributed by atoms with E-state index in [0.717, 1.165) is 35.4 Å². The van der Waals surface area contributed by atoms with Crippen LogP contribution in [-0.4, -0.2) is 28.8 Å². The number of rotatable bonds is 3. The number of nitrogens with zero attached hydrogens (tertiary/aromatic N) is 3. The molecule has 3 heterocycles. The van der Waals surface area contributed by atoms with Gasteiger partial charge < -0.3 is 9.47 Å². The Morgan fingerprint density at radius 3 is 2.16 bits per heavy atom. The van der Waals surface area contributed by atoms with Crippen molar-refractivity contribution in [1.82, 2.24) is 9.55 Å². The van der Waals surface area contributed by atoms with Crippen LogP contribution < -0.4 is 4.90 Å². The third kappa shape index (κ3) is 4.68. The molecule has 3 aromatic rings. The molecule has 0 amide bonds. The molecule has 31 heavy (non-hydrogen) atoms. The predicted octanol–water partition coefficient (Wildman–Crippen LogP) is 5.96. The maximum atomic E-state index is 8.12. The SMILES string of the molecule is CCC1CCN(c2cc(C)nc3c2c(C)cn3-c2c(C)cc(Cl)cc2C)CC1.O=C=O. The van der Waals surface area contributed by atoms with Crippen molar-refractivity contribution in [2.75, 3.05) is 18.0 Å². The van der Waals surface area contributed by atoms with Crippen LogP contribution in [0.25, 0.3) is 16.7 Å². The third-order valence-corrected chi connectivity index (χ3v) is 6.50. The molecule has 0 unspecified atom stereocenters. The van der Waals surface area contributed by atoms with E-state index in [9.17, 15) is 0 Å². The Balaban J connectivity index is 0.000000858. The van der Waals surface area contributed by atoms with Gasteiger partial charge in [-0.2, -0.15) is 9.59 Å². The highest BCUT2D eigenvalue weighted by Gasteiger charge is 2.23. The molecular formula is C25H30ClN3O2. The zero-order valence-corrected chi connectivity index (χ0v) is 19.7. The summed E-state index contributed by atoms with van der Waals surface area (Å²) in [6.45, 7) is 13.2. The monoisotopic (exact) mass is 439 g/mol. The maximum absolute atomic E-state index is 8.12. The number of piperidine rings is 1. The number of fused-ring (bicyclic) bond motifs is 1. The highest BCUT2D eigenvalue weighted by molar-refractivity contribution is 6.30. The highest BCUT2D eigenvalue weighted by atomic mass is 35.5. The van der Waals surface area contributed by atoms with Gasteiger partial charge in [0.25, 0.3) is 0 Å². The summed E-state index contributed by atoms with van der Waals surface area (Å²) in [5.74, 6) is 0.875. The predicted molar refractivity (Wildman–Crippen MR) is 125 cm³/mol. The Morgan fingerprint density at radius 1 is 1.03 bits per heavy atom. The van der Waals surface area contributed by atoms with Crippen LogP contribution >= 0.6 is 11.6 Å². The van der Waals surface area contributed by atoms with E-state index >= 15 is 0 Å². The Labute approximate surface area is 189 Å². The van der Waals surface area contributed by atoms with Crippen molar-refractivity contribution in [3.05, 3.63) is 51.8 Å². The lowest BCUT2D eigenvalue weighted by atomic mass is 9.94. The summed E-state index contributed by atoms with van der Waals surface area (Å²) < 4.78 is 2.26. The average molecular weight is 440 g/mol. The molecule has 2 aromatic heterocycles. The van der Waals surface area contributed by atoms with Crippen LogP contribution in [0.2, 0.25) is 5.02 Å². The minimum Gasteiger partial charge on any atom is -0.371 e. The number of anilines is 1. The van der Waals surface area contributed by atoms with Gasteiger partial charge in [0.05, 0.1) is 5.69 Å². The Hall–Kier alpha value is -2.62. The lowest BCUT2D eigenvalue weighted by molar-refractivity contribution is -0.191. The second-order valence-corrected chi connectivity index (χ2v) is 8.91. The zero-order chi connectivity index (χ0) is 22.7. The fourth-order valence-corrected chi connectivity index (χ4v) is 5.12. The second-order valence-electron chi connectivity index (χ2n) is 8.47. The maximum Gasteiger partial charge on any atom is 0.373 e. The number of pyridine rings is 1. The molecular weight excluding hydrogens is 410 g/mol. The fraction of sp³-hybridized carbons (Fsp3) is 0.440. The van der Waals surface area contributed by atoms with Crippen molar-refractivity contribution in [3.63, 3.8) is 0 Å². The van der Waals surface area contributed by atoms with E-state index in [0.29, 0.717) is 0 Å². The summed E-state index contributed by atoms with van der Waals surface area (Å²) in [4.78, 5) is 23.8. The molecule has 164 valence electrons. The summed E-state index contributed by atoms with van der Waals surface area (Å²) >= 11 is 6.28. The van der Waals surface area contributed by atoms with Gasteiger partial charge in [-0.1, -0.05) is 24.9 Å². The molecule has 0 spiro atoms. The van der Waals surface area contributed by atoms with Crippen LogP contribution in [0.1, 0.15) is 48.6 Å². The molecule has 1 saturated heterocycles. The summed E-state index contributed by atoms with van der Waals surface area (Å²) in [5, 5.41) is 2.07. The van der Waals surface area contributed by atoms with Gasteiger partial charge in [0, 0.05) is 41.1 Å². The molecule has 0 bridgehead atoms. The Kier molecular flexibility index (Phi) is 7.19. The summed E-state index contributed by atoms with van der Waals surface area (Å²) in [7, 11) is 0. The van der Waals surface area contributed by atoms with Crippen molar-refractivity contribution in [3.8, 4) is 5.69 Å². The minimum atomic E-state index is 0.250. The van der Waals surface area contributed by atoms with E-state index in [2.05, 4.69) is 56.3 Å². The molecule has 1 fully saturated rings. The normalized spacial score (nSPS) is 14.3. The van der Waals surface area contributed by atoms with Crippen LogP contribution in [-0.2, 0) is 9.59 Å². The van der Waals surface area contributed by atoms with Crippen LogP contribution in [0, 0.1) is 33.6 Å². The van der Waals surface area contributed by atoms with Crippen molar-refractivity contribution < 1.29 is 9.59 Å². The molecule has 4 rings (SSSR count). The first-order valence-corrected chi connectivity index (χ1v) is 11.2. The van der Waals surface area contributed by atoms with Crippen LogP contribution in [0.3, 0.4) is 0 Å². The topological polar surface area (TPSA) is 55.2 Å². The zero-order valence-electron chi connectivity index (χ0n) is 19.0. The van der Waals surface area contributed by atoms with Crippen LogP contribution in [0.15, 0.2) is 24.4 Å². The molecule has 1 aliphatic heterocycles. The molecule has 1 aliphatic rings. The van der Waals surface area contributed by atoms with Gasteiger partial charge in [-0.05, 0) is 81.3 Å². The van der Waals surface area contributed by atoms with Gasteiger partial charge in [0.2, 0.25) is 0 Å². The van der Waals surface area contributed by atoms with Gasteiger partial charge in [0.15, 0.2) is 0 Å². The van der Waals surface area contributed by atoms with Crippen molar-refractivity contribution >= 4 is 34.5 Å². The standard InChI is InChI=1S/C24H30ClN3.CO2/c1-6-19-7-9-27(10-8-19)21-13-18(5)26-24-22(21)17(4)14-28(24)23-15(2)11-20(25)12-16(23)3;2-1-3/h11-14,19H,6-10H2,1-5H3;. The summed E-state index contributed by atoms with van der Waals surface area (Å²) in [6, 6.07) is 6.35. The van der Waals surface area contributed by atoms with Crippen molar-refractivity contribution in [2.24, 2.45) is 5.92 Å². The average Bonchev–Trinajstić information content (AvgIpc) is 3.03. The number of carbonyl (C=O) groups excluding carboxylic acids is 2. The molecule has 1 aromatic carbocycles. The lowest BCUT2D eigenvalue weighted by Gasteiger charge is -2.34. The van der Waals surface area contributed by atoms with E-state index in [1.54, 1.807) is 0 Å².